The molecule has 4 nitrogen and oxygen atoms in total. The van der Waals surface area contributed by atoms with Crippen LogP contribution in [0.5, 0.6) is 0 Å². The SMILES string of the molecule is CC1=C(CC2(C(F)(F)F)CC2)CCC=C(CC(C)(O)c2ccc(-n3cccn3)cc2)N1. The van der Waals surface area contributed by atoms with E-state index in [1.807, 2.05) is 49.5 Å². The summed E-state index contributed by atoms with van der Waals surface area (Å²) in [6.45, 7) is 3.60. The van der Waals surface area contributed by atoms with Gasteiger partial charge in [-0.1, -0.05) is 23.8 Å². The summed E-state index contributed by atoms with van der Waals surface area (Å²) in [5.41, 5.74) is 1.48. The molecule has 1 aromatic heterocycles. The van der Waals surface area contributed by atoms with Gasteiger partial charge in [0.05, 0.1) is 16.7 Å². The molecule has 0 saturated heterocycles. The van der Waals surface area contributed by atoms with Crippen molar-refractivity contribution in [2.24, 2.45) is 5.41 Å². The second-order valence-corrected chi connectivity index (χ2v) is 9.02. The molecule has 2 aliphatic rings. The summed E-state index contributed by atoms with van der Waals surface area (Å²) in [6, 6.07) is 9.41. The molecule has 1 aliphatic heterocycles. The van der Waals surface area contributed by atoms with Gasteiger partial charge in [-0.15, -0.1) is 0 Å². The number of benzene rings is 1. The van der Waals surface area contributed by atoms with Crippen molar-refractivity contribution in [3.05, 3.63) is 71.3 Å². The molecule has 0 bridgehead atoms. The molecule has 0 radical (unpaired) electrons. The van der Waals surface area contributed by atoms with Gasteiger partial charge in [0.25, 0.3) is 0 Å². The Morgan fingerprint density at radius 2 is 1.90 bits per heavy atom. The fourth-order valence-electron chi connectivity index (χ4n) is 4.31. The van der Waals surface area contributed by atoms with E-state index in [4.69, 9.17) is 0 Å². The average molecular weight is 432 g/mol. The molecule has 0 amide bonds. The lowest BCUT2D eigenvalue weighted by Crippen LogP contribution is -2.27. The number of hydrogen-bond acceptors (Lipinski definition) is 3. The Morgan fingerprint density at radius 1 is 1.19 bits per heavy atom. The van der Waals surface area contributed by atoms with Gasteiger partial charge in [-0.2, -0.15) is 18.3 Å². The lowest BCUT2D eigenvalue weighted by atomic mass is 9.90. The number of rotatable bonds is 6. The van der Waals surface area contributed by atoms with Crippen LogP contribution < -0.4 is 5.32 Å². The standard InChI is InChI=1S/C24H28F3N3O/c1-17-18(15-23(11-12-23)24(25,26)27)5-3-6-20(29-17)16-22(2,31)19-7-9-21(10-8-19)30-14-4-13-28-30/h4,6-10,13-14,29,31H,3,5,11-12,15-16H2,1-2H3. The predicted molar refractivity (Wildman–Crippen MR) is 113 cm³/mol. The summed E-state index contributed by atoms with van der Waals surface area (Å²) >= 11 is 0. The van der Waals surface area contributed by atoms with E-state index in [0.717, 1.165) is 28.2 Å². The van der Waals surface area contributed by atoms with E-state index in [-0.39, 0.29) is 19.3 Å². The molecule has 4 rings (SSSR count). The monoisotopic (exact) mass is 431 g/mol. The first-order valence-electron chi connectivity index (χ1n) is 10.6. The minimum Gasteiger partial charge on any atom is -0.385 e. The van der Waals surface area contributed by atoms with Crippen LogP contribution in [0.2, 0.25) is 0 Å². The molecule has 1 saturated carbocycles. The number of allylic oxidation sites excluding steroid dienone is 3. The van der Waals surface area contributed by atoms with Crippen LogP contribution in [0.4, 0.5) is 13.2 Å². The first kappa shape index (κ1) is 21.7. The second kappa shape index (κ2) is 7.86. The Labute approximate surface area is 180 Å². The van der Waals surface area contributed by atoms with Gasteiger partial charge in [-0.3, -0.25) is 0 Å². The van der Waals surface area contributed by atoms with E-state index in [0.29, 0.717) is 19.3 Å². The van der Waals surface area contributed by atoms with Gasteiger partial charge in [-0.25, -0.2) is 4.68 Å². The zero-order valence-corrected chi connectivity index (χ0v) is 17.8. The number of nitrogens with one attached hydrogen (secondary N) is 1. The Kier molecular flexibility index (Phi) is 5.50. The van der Waals surface area contributed by atoms with Crippen LogP contribution >= 0.6 is 0 Å². The summed E-state index contributed by atoms with van der Waals surface area (Å²) in [6.07, 6.45) is 3.55. The number of halogens is 3. The molecule has 31 heavy (non-hydrogen) atoms. The van der Waals surface area contributed by atoms with Crippen molar-refractivity contribution in [2.75, 3.05) is 0 Å². The van der Waals surface area contributed by atoms with E-state index in [2.05, 4.69) is 10.4 Å². The quantitative estimate of drug-likeness (QED) is 0.613. The Bertz CT molecular complexity index is 982. The maximum absolute atomic E-state index is 13.4. The van der Waals surface area contributed by atoms with Crippen molar-refractivity contribution in [1.82, 2.24) is 15.1 Å². The van der Waals surface area contributed by atoms with Gasteiger partial charge in [0.15, 0.2) is 0 Å². The Balaban J connectivity index is 1.45. The molecular weight excluding hydrogens is 403 g/mol. The van der Waals surface area contributed by atoms with E-state index in [1.165, 1.54) is 0 Å². The van der Waals surface area contributed by atoms with Crippen LogP contribution in [0.3, 0.4) is 0 Å². The summed E-state index contributed by atoms with van der Waals surface area (Å²) in [4.78, 5) is 0. The van der Waals surface area contributed by atoms with Crippen LogP contribution in [0.25, 0.3) is 5.69 Å². The maximum atomic E-state index is 13.4. The minimum atomic E-state index is -4.14. The topological polar surface area (TPSA) is 50.1 Å². The highest BCUT2D eigenvalue weighted by molar-refractivity contribution is 5.36. The minimum absolute atomic E-state index is 0.0712. The Hall–Kier alpha value is -2.54. The van der Waals surface area contributed by atoms with Crippen molar-refractivity contribution < 1.29 is 18.3 Å². The van der Waals surface area contributed by atoms with Gasteiger partial charge in [0, 0.05) is 30.2 Å². The third kappa shape index (κ3) is 4.56. The molecular formula is C24H28F3N3O. The summed E-state index contributed by atoms with van der Waals surface area (Å²) < 4.78 is 41.9. The smallest absolute Gasteiger partial charge is 0.385 e. The number of nitrogens with zero attached hydrogens (tertiary/aromatic N) is 2. The van der Waals surface area contributed by atoms with Gasteiger partial charge in [0.2, 0.25) is 0 Å². The van der Waals surface area contributed by atoms with Gasteiger partial charge in [-0.05, 0) is 69.7 Å². The van der Waals surface area contributed by atoms with Gasteiger partial charge < -0.3 is 10.4 Å². The largest absolute Gasteiger partial charge is 0.394 e. The van der Waals surface area contributed by atoms with Crippen molar-refractivity contribution in [1.29, 1.82) is 0 Å². The van der Waals surface area contributed by atoms with Crippen LogP contribution in [-0.2, 0) is 5.60 Å². The molecule has 2 heterocycles. The van der Waals surface area contributed by atoms with Gasteiger partial charge in [0.1, 0.15) is 0 Å². The fraction of sp³-hybridized carbons (Fsp3) is 0.458. The number of alkyl halides is 3. The third-order valence-electron chi connectivity index (χ3n) is 6.51. The van der Waals surface area contributed by atoms with E-state index in [1.54, 1.807) is 17.8 Å². The molecule has 2 N–H and O–H groups in total. The molecule has 7 heteroatoms. The first-order valence-corrected chi connectivity index (χ1v) is 10.6. The summed E-state index contributed by atoms with van der Waals surface area (Å²) in [5.74, 6) is 0. The zero-order valence-electron chi connectivity index (χ0n) is 17.8. The molecule has 1 unspecified atom stereocenters. The van der Waals surface area contributed by atoms with Crippen molar-refractivity contribution in [2.45, 2.75) is 64.1 Å². The molecule has 1 fully saturated rings. The molecule has 1 aromatic carbocycles. The number of hydrogen-bond donors (Lipinski definition) is 2. The Morgan fingerprint density at radius 3 is 2.48 bits per heavy atom. The van der Waals surface area contributed by atoms with Crippen molar-refractivity contribution in [3.8, 4) is 5.69 Å². The highest BCUT2D eigenvalue weighted by Crippen LogP contribution is 2.61. The molecule has 0 spiro atoms. The second-order valence-electron chi connectivity index (χ2n) is 9.02. The van der Waals surface area contributed by atoms with E-state index < -0.39 is 17.2 Å². The average Bonchev–Trinajstić information content (AvgIpc) is 3.34. The van der Waals surface area contributed by atoms with Crippen LogP contribution in [0, 0.1) is 5.41 Å². The van der Waals surface area contributed by atoms with Crippen LogP contribution in [0.1, 0.15) is 57.9 Å². The summed E-state index contributed by atoms with van der Waals surface area (Å²) in [7, 11) is 0. The molecule has 1 atom stereocenters. The van der Waals surface area contributed by atoms with E-state index >= 15 is 0 Å². The molecule has 166 valence electrons. The highest BCUT2D eigenvalue weighted by Gasteiger charge is 2.62. The van der Waals surface area contributed by atoms with Gasteiger partial charge >= 0.3 is 6.18 Å². The third-order valence-corrected chi connectivity index (χ3v) is 6.51. The number of aromatic nitrogens is 2. The summed E-state index contributed by atoms with van der Waals surface area (Å²) in [5, 5.41) is 18.6. The number of aliphatic hydroxyl groups is 1. The zero-order chi connectivity index (χ0) is 22.3. The highest BCUT2D eigenvalue weighted by atomic mass is 19.4. The fourth-order valence-corrected chi connectivity index (χ4v) is 4.31. The van der Waals surface area contributed by atoms with Crippen molar-refractivity contribution >= 4 is 0 Å². The lowest BCUT2D eigenvalue weighted by Gasteiger charge is -2.26. The van der Waals surface area contributed by atoms with E-state index in [9.17, 15) is 18.3 Å². The lowest BCUT2D eigenvalue weighted by molar-refractivity contribution is -0.186. The van der Waals surface area contributed by atoms with Crippen LogP contribution in [0.15, 0.2) is 65.8 Å². The molecule has 2 aromatic rings. The van der Waals surface area contributed by atoms with Crippen LogP contribution in [-0.4, -0.2) is 21.1 Å². The molecule has 1 aliphatic carbocycles. The maximum Gasteiger partial charge on any atom is 0.394 e. The first-order chi connectivity index (χ1) is 14.6. The van der Waals surface area contributed by atoms with Crippen molar-refractivity contribution in [3.63, 3.8) is 0 Å². The normalized spacial score (nSPS) is 20.5. The predicted octanol–water partition coefficient (Wildman–Crippen LogP) is 5.74.